The predicted octanol–water partition coefficient (Wildman–Crippen LogP) is 3.97. The molecule has 1 aromatic rings. The zero-order valence-electron chi connectivity index (χ0n) is 13.0. The molecule has 0 radical (unpaired) electrons. The molecule has 1 spiro atoms. The molecule has 2 unspecified atom stereocenters. The van der Waals surface area contributed by atoms with Gasteiger partial charge in [-0.2, -0.15) is 0 Å². The summed E-state index contributed by atoms with van der Waals surface area (Å²) in [7, 11) is 0. The van der Waals surface area contributed by atoms with Crippen LogP contribution in [0, 0.1) is 0 Å². The van der Waals surface area contributed by atoms with Crippen LogP contribution in [0.3, 0.4) is 0 Å². The van der Waals surface area contributed by atoms with Gasteiger partial charge >= 0.3 is 0 Å². The Balaban J connectivity index is 1.57. The van der Waals surface area contributed by atoms with Gasteiger partial charge in [0.25, 0.3) is 0 Å². The van der Waals surface area contributed by atoms with Crippen molar-refractivity contribution in [3.05, 3.63) is 29.8 Å². The molecule has 1 aliphatic carbocycles. The Hall–Kier alpha value is -1.06. The maximum Gasteiger partial charge on any atom is 0.124 e. The van der Waals surface area contributed by atoms with E-state index < -0.39 is 0 Å². The lowest BCUT2D eigenvalue weighted by Gasteiger charge is -2.33. The third-order valence-electron chi connectivity index (χ3n) is 4.94. The number of hydrogen-bond donors (Lipinski definition) is 1. The van der Waals surface area contributed by atoms with Crippen LogP contribution in [0.5, 0.6) is 5.75 Å². The van der Waals surface area contributed by atoms with Gasteiger partial charge in [0.2, 0.25) is 0 Å². The number of ether oxygens (including phenoxy) is 2. The van der Waals surface area contributed by atoms with Crippen molar-refractivity contribution in [3.63, 3.8) is 0 Å². The van der Waals surface area contributed by atoms with E-state index in [2.05, 4.69) is 0 Å². The van der Waals surface area contributed by atoms with Crippen LogP contribution in [0.1, 0.15) is 63.5 Å². The van der Waals surface area contributed by atoms with Crippen LogP contribution in [0.15, 0.2) is 24.3 Å². The molecule has 2 atom stereocenters. The van der Waals surface area contributed by atoms with Crippen LogP contribution in [0.4, 0.5) is 0 Å². The molecule has 1 aliphatic heterocycles. The van der Waals surface area contributed by atoms with E-state index in [1.165, 1.54) is 38.5 Å². The summed E-state index contributed by atoms with van der Waals surface area (Å²) in [6.07, 6.45) is 9.05. The van der Waals surface area contributed by atoms with E-state index in [9.17, 15) is 0 Å². The van der Waals surface area contributed by atoms with Crippen LogP contribution in [0.25, 0.3) is 0 Å². The summed E-state index contributed by atoms with van der Waals surface area (Å²) in [5, 5.41) is 0. The molecule has 1 heterocycles. The van der Waals surface area contributed by atoms with E-state index in [1.807, 2.05) is 31.2 Å². The van der Waals surface area contributed by atoms with E-state index in [0.717, 1.165) is 17.7 Å². The number of benzene rings is 1. The summed E-state index contributed by atoms with van der Waals surface area (Å²) in [6, 6.07) is 8.05. The average molecular weight is 289 g/mol. The number of para-hydroxylation sites is 1. The minimum absolute atomic E-state index is 0.00427. The fourth-order valence-electron chi connectivity index (χ4n) is 3.75. The highest BCUT2D eigenvalue weighted by Gasteiger charge is 2.40. The van der Waals surface area contributed by atoms with Gasteiger partial charge in [-0.05, 0) is 38.7 Å². The molecular weight excluding hydrogens is 262 g/mol. The summed E-state index contributed by atoms with van der Waals surface area (Å²) < 4.78 is 12.4. The third-order valence-corrected chi connectivity index (χ3v) is 4.94. The van der Waals surface area contributed by atoms with Crippen LogP contribution in [0.2, 0.25) is 0 Å². The molecule has 21 heavy (non-hydrogen) atoms. The van der Waals surface area contributed by atoms with Crippen molar-refractivity contribution >= 4 is 0 Å². The average Bonchev–Trinajstić information content (AvgIpc) is 2.89. The van der Waals surface area contributed by atoms with Gasteiger partial charge in [0.05, 0.1) is 11.7 Å². The fourth-order valence-corrected chi connectivity index (χ4v) is 3.75. The second-order valence-electron chi connectivity index (χ2n) is 6.66. The van der Waals surface area contributed by atoms with E-state index >= 15 is 0 Å². The van der Waals surface area contributed by atoms with Crippen molar-refractivity contribution in [2.45, 2.75) is 69.6 Å². The highest BCUT2D eigenvalue weighted by Crippen LogP contribution is 2.42. The first-order valence-corrected chi connectivity index (χ1v) is 8.34. The lowest BCUT2D eigenvalue weighted by atomic mass is 9.83. The molecule has 1 saturated heterocycles. The number of nitrogens with two attached hydrogens (primary N) is 1. The van der Waals surface area contributed by atoms with E-state index in [1.54, 1.807) is 0 Å². The Bertz CT molecular complexity index is 466. The standard InChI is InChI=1S/C18H27NO2/c1-14(19)16-7-3-4-8-17(16)20-13-15-9-12-18(21-15)10-5-2-6-11-18/h3-4,7-8,14-15H,2,5-6,9-13,19H2,1H3. The van der Waals surface area contributed by atoms with E-state index in [-0.39, 0.29) is 17.7 Å². The maximum atomic E-state index is 6.36. The lowest BCUT2D eigenvalue weighted by Crippen LogP contribution is -2.33. The molecule has 2 N–H and O–H groups in total. The zero-order chi connectivity index (χ0) is 14.7. The van der Waals surface area contributed by atoms with E-state index in [0.29, 0.717) is 6.61 Å². The molecule has 3 nitrogen and oxygen atoms in total. The topological polar surface area (TPSA) is 44.5 Å². The predicted molar refractivity (Wildman–Crippen MR) is 84.5 cm³/mol. The van der Waals surface area contributed by atoms with Gasteiger partial charge in [-0.1, -0.05) is 37.5 Å². The quantitative estimate of drug-likeness (QED) is 0.912. The van der Waals surface area contributed by atoms with Gasteiger partial charge < -0.3 is 15.2 Å². The summed E-state index contributed by atoms with van der Waals surface area (Å²) in [5.41, 5.74) is 7.24. The fraction of sp³-hybridized carbons (Fsp3) is 0.667. The summed E-state index contributed by atoms with van der Waals surface area (Å²) in [4.78, 5) is 0. The summed E-state index contributed by atoms with van der Waals surface area (Å²) in [5.74, 6) is 0.903. The molecule has 2 aliphatic rings. The first-order chi connectivity index (χ1) is 10.2. The van der Waals surface area contributed by atoms with Gasteiger partial charge in [0, 0.05) is 11.6 Å². The maximum absolute atomic E-state index is 6.36. The van der Waals surface area contributed by atoms with E-state index in [4.69, 9.17) is 15.2 Å². The normalized spacial score (nSPS) is 25.9. The first kappa shape index (κ1) is 14.9. The molecule has 3 rings (SSSR count). The van der Waals surface area contributed by atoms with Crippen molar-refractivity contribution in [2.24, 2.45) is 5.73 Å². The Kier molecular flexibility index (Phi) is 4.51. The van der Waals surface area contributed by atoms with Crippen molar-refractivity contribution in [1.82, 2.24) is 0 Å². The molecule has 0 aromatic heterocycles. The highest BCUT2D eigenvalue weighted by molar-refractivity contribution is 5.35. The SMILES string of the molecule is CC(N)c1ccccc1OCC1CCC2(CCCCC2)O1. The van der Waals surface area contributed by atoms with Crippen molar-refractivity contribution in [1.29, 1.82) is 0 Å². The molecule has 1 saturated carbocycles. The zero-order valence-corrected chi connectivity index (χ0v) is 13.0. The lowest BCUT2D eigenvalue weighted by molar-refractivity contribution is -0.0749. The van der Waals surface area contributed by atoms with Gasteiger partial charge in [0.1, 0.15) is 12.4 Å². The summed E-state index contributed by atoms with van der Waals surface area (Å²) in [6.45, 7) is 2.64. The first-order valence-electron chi connectivity index (χ1n) is 8.34. The molecule has 3 heteroatoms. The van der Waals surface area contributed by atoms with Crippen LogP contribution in [-0.2, 0) is 4.74 Å². The van der Waals surface area contributed by atoms with Crippen LogP contribution in [-0.4, -0.2) is 18.3 Å². The van der Waals surface area contributed by atoms with Crippen LogP contribution < -0.4 is 10.5 Å². The van der Waals surface area contributed by atoms with Crippen molar-refractivity contribution < 1.29 is 9.47 Å². The monoisotopic (exact) mass is 289 g/mol. The molecule has 2 fully saturated rings. The highest BCUT2D eigenvalue weighted by atomic mass is 16.6. The van der Waals surface area contributed by atoms with Crippen molar-refractivity contribution in [3.8, 4) is 5.75 Å². The second-order valence-corrected chi connectivity index (χ2v) is 6.66. The van der Waals surface area contributed by atoms with Gasteiger partial charge in [-0.25, -0.2) is 0 Å². The Morgan fingerprint density at radius 1 is 1.24 bits per heavy atom. The minimum Gasteiger partial charge on any atom is -0.491 e. The third kappa shape index (κ3) is 3.41. The van der Waals surface area contributed by atoms with Gasteiger partial charge in [0.15, 0.2) is 0 Å². The molecule has 0 bridgehead atoms. The smallest absolute Gasteiger partial charge is 0.124 e. The molecule has 116 valence electrons. The summed E-state index contributed by atoms with van der Waals surface area (Å²) >= 11 is 0. The van der Waals surface area contributed by atoms with Gasteiger partial charge in [-0.15, -0.1) is 0 Å². The molecular formula is C18H27NO2. The van der Waals surface area contributed by atoms with Crippen LogP contribution >= 0.6 is 0 Å². The second kappa shape index (κ2) is 6.37. The Morgan fingerprint density at radius 2 is 2.00 bits per heavy atom. The number of hydrogen-bond acceptors (Lipinski definition) is 3. The Morgan fingerprint density at radius 3 is 2.76 bits per heavy atom. The largest absolute Gasteiger partial charge is 0.491 e. The molecule has 0 amide bonds. The Labute approximate surface area is 127 Å². The van der Waals surface area contributed by atoms with Gasteiger partial charge in [-0.3, -0.25) is 0 Å². The minimum atomic E-state index is -0.00427. The number of rotatable bonds is 4. The van der Waals surface area contributed by atoms with Crippen molar-refractivity contribution in [2.75, 3.05) is 6.61 Å². The molecule has 1 aromatic carbocycles.